The van der Waals surface area contributed by atoms with E-state index in [-0.39, 0.29) is 0 Å². The van der Waals surface area contributed by atoms with Crippen LogP contribution in [0.3, 0.4) is 0 Å². The Labute approximate surface area is 305 Å². The molecular weight excluding hydrogens is 670 g/mol. The first-order valence-electron chi connectivity index (χ1n) is 17.9. The Morgan fingerprint density at radius 2 is 0.804 bits per heavy atom. The molecule has 15 heteroatoms. The Balaban J connectivity index is 1.72. The Kier molecular flexibility index (Phi) is 32.1. The van der Waals surface area contributed by atoms with Crippen LogP contribution < -0.4 is 10.1 Å². The van der Waals surface area contributed by atoms with Crippen LogP contribution in [0.25, 0.3) is 0 Å². The highest BCUT2D eigenvalue weighted by Crippen LogP contribution is 2.12. The lowest BCUT2D eigenvalue weighted by Gasteiger charge is -2.19. The van der Waals surface area contributed by atoms with Crippen LogP contribution in [0.4, 0.5) is 4.79 Å². The van der Waals surface area contributed by atoms with Crippen LogP contribution in [-0.4, -0.2) is 171 Å². The highest BCUT2D eigenvalue weighted by Gasteiger charge is 2.15. The summed E-state index contributed by atoms with van der Waals surface area (Å²) in [7, 11) is 1.64. The number of hydrogen-bond donors (Lipinski definition) is 1. The first kappa shape index (κ1) is 46.9. The fourth-order valence-corrected chi connectivity index (χ4v) is 3.82. The molecule has 0 aliphatic heterocycles. The van der Waals surface area contributed by atoms with Crippen LogP contribution in [0.1, 0.15) is 26.3 Å². The minimum absolute atomic E-state index is 0.410. The average Bonchev–Trinajstić information content (AvgIpc) is 3.10. The molecule has 0 saturated carbocycles. The molecule has 1 N–H and O–H groups in total. The number of hydrogen-bond acceptors (Lipinski definition) is 14. The molecule has 298 valence electrons. The molecule has 0 aliphatic carbocycles. The van der Waals surface area contributed by atoms with E-state index in [1.165, 1.54) is 0 Å². The molecule has 0 bridgehead atoms. The van der Waals surface area contributed by atoms with Crippen LogP contribution in [0.2, 0.25) is 0 Å². The van der Waals surface area contributed by atoms with E-state index >= 15 is 0 Å². The minimum atomic E-state index is -0.504. The molecule has 1 amide bonds. The fraction of sp³-hybridized carbons (Fsp3) is 0.806. The van der Waals surface area contributed by atoms with Gasteiger partial charge in [0.25, 0.3) is 0 Å². The van der Waals surface area contributed by atoms with E-state index in [2.05, 4.69) is 5.32 Å². The number of methoxy groups -OCH3 is 1. The molecule has 0 atom stereocenters. The van der Waals surface area contributed by atoms with E-state index in [4.69, 9.17) is 61.6 Å². The zero-order valence-electron chi connectivity index (χ0n) is 31.5. The second kappa shape index (κ2) is 34.9. The van der Waals surface area contributed by atoms with Crippen LogP contribution in [-0.2, 0) is 63.3 Å². The minimum Gasteiger partial charge on any atom is -0.491 e. The van der Waals surface area contributed by atoms with E-state index in [0.29, 0.717) is 158 Å². The molecule has 0 spiro atoms. The standard InChI is InChI=1S/C36H65NO14/c1-36(2,3)51-35(38)37-10-9-33-5-7-34(8-6-33)50-32-31-49-30-29-48-28-27-47-26-25-46-24-23-45-22-21-44-20-19-43-18-17-42-16-15-41-14-13-40-12-11-39-4/h5-8H,9-32H2,1-4H3,(H,37,38). The summed E-state index contributed by atoms with van der Waals surface area (Å²) in [5.41, 5.74) is 0.592. The molecule has 0 aromatic heterocycles. The van der Waals surface area contributed by atoms with Crippen LogP contribution in [0.15, 0.2) is 24.3 Å². The summed E-state index contributed by atoms with van der Waals surface area (Å²) in [6.45, 7) is 17.2. The smallest absolute Gasteiger partial charge is 0.407 e. The molecule has 1 aromatic carbocycles. The third-order valence-corrected chi connectivity index (χ3v) is 6.28. The van der Waals surface area contributed by atoms with E-state index in [1.807, 2.05) is 45.0 Å². The van der Waals surface area contributed by atoms with Gasteiger partial charge in [0.1, 0.15) is 18.0 Å². The Morgan fingerprint density at radius 3 is 1.12 bits per heavy atom. The van der Waals surface area contributed by atoms with Gasteiger partial charge in [-0.15, -0.1) is 0 Å². The van der Waals surface area contributed by atoms with Gasteiger partial charge in [0.15, 0.2) is 0 Å². The lowest BCUT2D eigenvalue weighted by atomic mass is 10.1. The maximum absolute atomic E-state index is 11.7. The fourth-order valence-electron chi connectivity index (χ4n) is 3.82. The highest BCUT2D eigenvalue weighted by molar-refractivity contribution is 5.67. The average molecular weight is 736 g/mol. The van der Waals surface area contributed by atoms with E-state index in [0.717, 1.165) is 11.3 Å². The van der Waals surface area contributed by atoms with Gasteiger partial charge in [-0.2, -0.15) is 0 Å². The molecular formula is C36H65NO14. The first-order chi connectivity index (χ1) is 24.9. The third kappa shape index (κ3) is 34.7. The van der Waals surface area contributed by atoms with E-state index < -0.39 is 11.7 Å². The monoisotopic (exact) mass is 735 g/mol. The maximum atomic E-state index is 11.7. The van der Waals surface area contributed by atoms with Crippen molar-refractivity contribution in [3.8, 4) is 5.75 Å². The first-order valence-corrected chi connectivity index (χ1v) is 17.9. The van der Waals surface area contributed by atoms with Crippen molar-refractivity contribution in [1.82, 2.24) is 5.32 Å². The molecule has 0 unspecified atom stereocenters. The van der Waals surface area contributed by atoms with Gasteiger partial charge in [0.2, 0.25) is 0 Å². The summed E-state index contributed by atoms with van der Waals surface area (Å²) in [4.78, 5) is 11.7. The van der Waals surface area contributed by atoms with Gasteiger partial charge in [-0.05, 0) is 44.9 Å². The van der Waals surface area contributed by atoms with Crippen LogP contribution in [0, 0.1) is 0 Å². The summed E-state index contributed by atoms with van der Waals surface area (Å²) in [6.07, 6.45) is 0.296. The number of alkyl carbamates (subject to hydrolysis) is 1. The topological polar surface area (TPSA) is 149 Å². The number of amides is 1. The molecule has 0 saturated heterocycles. The van der Waals surface area contributed by atoms with Crippen molar-refractivity contribution < 1.29 is 66.4 Å². The van der Waals surface area contributed by atoms with Crippen LogP contribution in [0.5, 0.6) is 5.75 Å². The number of nitrogens with one attached hydrogen (secondary N) is 1. The van der Waals surface area contributed by atoms with Gasteiger partial charge in [0.05, 0.1) is 139 Å². The molecule has 0 heterocycles. The van der Waals surface area contributed by atoms with Crippen molar-refractivity contribution in [2.45, 2.75) is 32.8 Å². The lowest BCUT2D eigenvalue weighted by Crippen LogP contribution is -2.33. The van der Waals surface area contributed by atoms with E-state index in [1.54, 1.807) is 7.11 Å². The Morgan fingerprint density at radius 1 is 0.490 bits per heavy atom. The summed E-state index contributed by atoms with van der Waals surface area (Å²) < 4.78 is 70.5. The summed E-state index contributed by atoms with van der Waals surface area (Å²) in [5, 5.41) is 2.76. The largest absolute Gasteiger partial charge is 0.491 e. The SMILES string of the molecule is COCCOCCOCCOCCOCCOCCOCCOCCOCCOCCOCCOc1ccc(CCNC(=O)OC(C)(C)C)cc1. The highest BCUT2D eigenvalue weighted by atomic mass is 16.6. The number of carbonyl (C=O) groups is 1. The summed E-state index contributed by atoms with van der Waals surface area (Å²) >= 11 is 0. The second-order valence-electron chi connectivity index (χ2n) is 11.8. The van der Waals surface area contributed by atoms with Gasteiger partial charge in [0, 0.05) is 13.7 Å². The quantitative estimate of drug-likeness (QED) is 0.0999. The van der Waals surface area contributed by atoms with Crippen molar-refractivity contribution in [3.05, 3.63) is 29.8 Å². The predicted molar refractivity (Wildman–Crippen MR) is 190 cm³/mol. The number of ether oxygens (including phenoxy) is 13. The molecule has 15 nitrogen and oxygen atoms in total. The Hall–Kier alpha value is -2.15. The molecule has 1 aromatic rings. The van der Waals surface area contributed by atoms with Gasteiger partial charge in [-0.3, -0.25) is 0 Å². The molecule has 0 aliphatic rings. The number of rotatable bonds is 37. The third-order valence-electron chi connectivity index (χ3n) is 6.28. The van der Waals surface area contributed by atoms with Gasteiger partial charge >= 0.3 is 6.09 Å². The second-order valence-corrected chi connectivity index (χ2v) is 11.8. The Bertz CT molecular complexity index is 888. The van der Waals surface area contributed by atoms with Gasteiger partial charge < -0.3 is 66.9 Å². The zero-order valence-corrected chi connectivity index (χ0v) is 31.5. The summed E-state index contributed by atoms with van der Waals surface area (Å²) in [6, 6.07) is 7.77. The zero-order chi connectivity index (χ0) is 36.9. The number of benzene rings is 1. The molecule has 0 radical (unpaired) electrons. The molecule has 51 heavy (non-hydrogen) atoms. The maximum Gasteiger partial charge on any atom is 0.407 e. The lowest BCUT2D eigenvalue weighted by molar-refractivity contribution is -0.0273. The van der Waals surface area contributed by atoms with Crippen molar-refractivity contribution in [2.75, 3.05) is 159 Å². The summed E-state index contributed by atoms with van der Waals surface area (Å²) in [5.74, 6) is 0.768. The van der Waals surface area contributed by atoms with E-state index in [9.17, 15) is 4.79 Å². The molecule has 0 fully saturated rings. The van der Waals surface area contributed by atoms with Crippen LogP contribution >= 0.6 is 0 Å². The molecule has 1 rings (SSSR count). The normalized spacial score (nSPS) is 11.6. The van der Waals surface area contributed by atoms with Crippen molar-refractivity contribution in [1.29, 1.82) is 0 Å². The number of carbonyl (C=O) groups excluding carboxylic acids is 1. The van der Waals surface area contributed by atoms with Crippen molar-refractivity contribution >= 4 is 6.09 Å². The predicted octanol–water partition coefficient (Wildman–Crippen LogP) is 2.95. The van der Waals surface area contributed by atoms with Gasteiger partial charge in [-0.1, -0.05) is 12.1 Å². The van der Waals surface area contributed by atoms with Crippen molar-refractivity contribution in [2.24, 2.45) is 0 Å². The van der Waals surface area contributed by atoms with Crippen molar-refractivity contribution in [3.63, 3.8) is 0 Å². The van der Waals surface area contributed by atoms with Gasteiger partial charge in [-0.25, -0.2) is 4.79 Å².